The lowest BCUT2D eigenvalue weighted by molar-refractivity contribution is 1.66. The molecule has 0 radical (unpaired) electrons. The summed E-state index contributed by atoms with van der Waals surface area (Å²) in [6.07, 6.45) is 1.85. The molecule has 1 rings (SSSR count). The summed E-state index contributed by atoms with van der Waals surface area (Å²) in [5.41, 5.74) is 3.86. The van der Waals surface area contributed by atoms with Crippen molar-refractivity contribution in [3.05, 3.63) is 53.5 Å². The first-order valence-corrected chi connectivity index (χ1v) is 4.25. The monoisotopic (exact) mass is 200 g/mol. The molecule has 1 aromatic carbocycles. The maximum Gasteiger partial charge on any atom is 0.00484 e. The Morgan fingerprint density at radius 2 is 1.58 bits per heavy atom. The van der Waals surface area contributed by atoms with E-state index < -0.39 is 0 Å². The van der Waals surface area contributed by atoms with Crippen molar-refractivity contribution >= 4 is 29.3 Å². The van der Waals surface area contributed by atoms with Gasteiger partial charge < -0.3 is 0 Å². The summed E-state index contributed by atoms with van der Waals surface area (Å²) < 4.78 is 0. The molecular formula is C10H10Cl2. The predicted molar refractivity (Wildman–Crippen MR) is 57.4 cm³/mol. The minimum absolute atomic E-state index is 1.13. The van der Waals surface area contributed by atoms with Crippen LogP contribution in [0.4, 0.5) is 0 Å². The summed E-state index contributed by atoms with van der Waals surface area (Å²) in [6.45, 7) is 3.13. The third-order valence-corrected chi connectivity index (χ3v) is 1.18. The second-order valence-electron chi connectivity index (χ2n) is 1.86. The number of hydrogen-bond donors (Lipinski definition) is 0. The average molecular weight is 201 g/mol. The van der Waals surface area contributed by atoms with E-state index in [9.17, 15) is 0 Å². The Labute approximate surface area is 83.1 Å². The maximum absolute atomic E-state index is 5.36. The smallest absolute Gasteiger partial charge is 0.00484 e. The van der Waals surface area contributed by atoms with E-state index in [0.717, 1.165) is 5.56 Å². The number of hydrogen-bond acceptors (Lipinski definition) is 0. The minimum Gasteiger partial charge on any atom is -0.0936 e. The fraction of sp³-hybridized carbons (Fsp3) is 0. The summed E-state index contributed by atoms with van der Waals surface area (Å²) in [6, 6.07) is 9.93. The fourth-order valence-electron chi connectivity index (χ4n) is 0.637. The van der Waals surface area contributed by atoms with E-state index in [4.69, 9.17) is 23.2 Å². The van der Waals surface area contributed by atoms with Crippen molar-refractivity contribution in [1.29, 1.82) is 0 Å². The van der Waals surface area contributed by atoms with Crippen LogP contribution in [0.5, 0.6) is 0 Å². The van der Waals surface area contributed by atoms with Crippen LogP contribution in [-0.4, -0.2) is 0 Å². The van der Waals surface area contributed by atoms with Gasteiger partial charge in [0.2, 0.25) is 0 Å². The Morgan fingerprint density at radius 1 is 1.08 bits per heavy atom. The van der Waals surface area contributed by atoms with Crippen LogP contribution in [0, 0.1) is 0 Å². The average Bonchev–Trinajstić information content (AvgIpc) is 2.08. The van der Waals surface area contributed by atoms with Gasteiger partial charge >= 0.3 is 0 Å². The van der Waals surface area contributed by atoms with Crippen LogP contribution in [0.3, 0.4) is 0 Å². The maximum atomic E-state index is 5.36. The van der Waals surface area contributed by atoms with Crippen LogP contribution in [0.25, 0.3) is 6.08 Å². The lowest BCUT2D eigenvalue weighted by atomic mass is 10.2. The van der Waals surface area contributed by atoms with E-state index >= 15 is 0 Å². The molecule has 0 saturated carbocycles. The molecule has 0 amide bonds. The van der Waals surface area contributed by atoms with Gasteiger partial charge in [0.25, 0.3) is 0 Å². The molecule has 0 aliphatic rings. The first-order chi connectivity index (χ1) is 5.85. The zero-order valence-electron chi connectivity index (χ0n) is 6.58. The van der Waals surface area contributed by atoms with Crippen LogP contribution in [-0.2, 0) is 0 Å². The molecule has 2 heteroatoms. The lowest BCUT2D eigenvalue weighted by Crippen LogP contribution is -1.64. The van der Waals surface area contributed by atoms with Gasteiger partial charge in [-0.25, -0.2) is 0 Å². The second kappa shape index (κ2) is 8.38. The molecule has 0 nitrogen and oxygen atoms in total. The first-order valence-electron chi connectivity index (χ1n) is 3.38. The number of benzene rings is 1. The molecule has 0 spiro atoms. The quantitative estimate of drug-likeness (QED) is 0.636. The van der Waals surface area contributed by atoms with Crippen LogP contribution < -0.4 is 0 Å². The molecule has 12 heavy (non-hydrogen) atoms. The van der Waals surface area contributed by atoms with Gasteiger partial charge in [-0.05, 0) is 17.2 Å². The summed E-state index contributed by atoms with van der Waals surface area (Å²) in [7, 11) is 0. The molecule has 64 valence electrons. The third kappa shape index (κ3) is 6.02. The lowest BCUT2D eigenvalue weighted by Gasteiger charge is -1.86. The Kier molecular flexibility index (Phi) is 7.87. The van der Waals surface area contributed by atoms with Crippen LogP contribution >= 0.6 is 23.2 Å². The molecule has 1 aromatic rings. The van der Waals surface area contributed by atoms with E-state index in [2.05, 4.69) is 6.58 Å². The summed E-state index contributed by atoms with van der Waals surface area (Å²) in [4.78, 5) is 0. The SMILES string of the molecule is C=CCl.ClC=Cc1ccccc1. The molecule has 0 aromatic heterocycles. The Bertz CT molecular complexity index is 227. The van der Waals surface area contributed by atoms with Gasteiger partial charge in [-0.3, -0.25) is 0 Å². The highest BCUT2D eigenvalue weighted by atomic mass is 35.5. The van der Waals surface area contributed by atoms with Crippen LogP contribution in [0.15, 0.2) is 48.0 Å². The Morgan fingerprint density at radius 3 is 2.00 bits per heavy atom. The fourth-order valence-corrected chi connectivity index (χ4v) is 0.782. The van der Waals surface area contributed by atoms with Gasteiger partial charge in [-0.15, -0.1) is 0 Å². The van der Waals surface area contributed by atoms with Crippen molar-refractivity contribution in [2.75, 3.05) is 0 Å². The number of rotatable bonds is 1. The van der Waals surface area contributed by atoms with Gasteiger partial charge in [-0.1, -0.05) is 60.1 Å². The molecular weight excluding hydrogens is 191 g/mol. The zero-order valence-corrected chi connectivity index (χ0v) is 8.09. The number of halogens is 2. The molecule has 0 saturated heterocycles. The standard InChI is InChI=1S/C8H7Cl.C2H3Cl/c9-7-6-8-4-2-1-3-5-8;1-2-3/h1-7H;2H,1H2. The van der Waals surface area contributed by atoms with Crippen molar-refractivity contribution < 1.29 is 0 Å². The molecule has 0 bridgehead atoms. The molecule has 0 heterocycles. The van der Waals surface area contributed by atoms with Crippen molar-refractivity contribution in [3.63, 3.8) is 0 Å². The highest BCUT2D eigenvalue weighted by molar-refractivity contribution is 6.27. The highest BCUT2D eigenvalue weighted by Gasteiger charge is 1.78. The summed E-state index contributed by atoms with van der Waals surface area (Å²) >= 11 is 10.1. The van der Waals surface area contributed by atoms with Crippen molar-refractivity contribution in [3.8, 4) is 0 Å². The highest BCUT2D eigenvalue weighted by Crippen LogP contribution is 2.00. The topological polar surface area (TPSA) is 0 Å². The summed E-state index contributed by atoms with van der Waals surface area (Å²) in [5.74, 6) is 0. The van der Waals surface area contributed by atoms with Gasteiger partial charge in [0.05, 0.1) is 0 Å². The van der Waals surface area contributed by atoms with Gasteiger partial charge in [0, 0.05) is 5.54 Å². The van der Waals surface area contributed by atoms with Crippen molar-refractivity contribution in [2.24, 2.45) is 0 Å². The molecule has 0 aliphatic carbocycles. The molecule has 0 aliphatic heterocycles. The Hall–Kier alpha value is -0.720. The van der Waals surface area contributed by atoms with E-state index in [1.165, 1.54) is 11.1 Å². The molecule has 0 unspecified atom stereocenters. The van der Waals surface area contributed by atoms with E-state index in [0.29, 0.717) is 0 Å². The summed E-state index contributed by atoms with van der Waals surface area (Å²) in [5, 5.41) is 0. The Balaban J connectivity index is 0.000000354. The molecule has 0 fully saturated rings. The van der Waals surface area contributed by atoms with E-state index in [1.807, 2.05) is 36.4 Å². The van der Waals surface area contributed by atoms with Crippen molar-refractivity contribution in [1.82, 2.24) is 0 Å². The van der Waals surface area contributed by atoms with E-state index in [-0.39, 0.29) is 0 Å². The normalized spacial score (nSPS) is 8.83. The third-order valence-electron chi connectivity index (χ3n) is 1.06. The van der Waals surface area contributed by atoms with Gasteiger partial charge in [0.1, 0.15) is 0 Å². The van der Waals surface area contributed by atoms with Crippen LogP contribution in [0.1, 0.15) is 5.56 Å². The predicted octanol–water partition coefficient (Wildman–Crippen LogP) is 4.26. The van der Waals surface area contributed by atoms with Gasteiger partial charge in [0.15, 0.2) is 0 Å². The van der Waals surface area contributed by atoms with Crippen LogP contribution in [0.2, 0.25) is 0 Å². The molecule has 0 N–H and O–H groups in total. The first kappa shape index (κ1) is 11.3. The zero-order chi connectivity index (χ0) is 9.23. The minimum atomic E-state index is 1.13. The van der Waals surface area contributed by atoms with Gasteiger partial charge in [-0.2, -0.15) is 0 Å². The van der Waals surface area contributed by atoms with E-state index in [1.54, 1.807) is 0 Å². The second-order valence-corrected chi connectivity index (χ2v) is 2.42. The van der Waals surface area contributed by atoms with Crippen molar-refractivity contribution in [2.45, 2.75) is 0 Å². The largest absolute Gasteiger partial charge is 0.0936 e. The molecule has 0 atom stereocenters.